The summed E-state index contributed by atoms with van der Waals surface area (Å²) in [4.78, 5) is 10.2. The Labute approximate surface area is 98.6 Å². The number of carbonyl (C=O) groups is 1. The molecule has 0 rings (SSSR count). The van der Waals surface area contributed by atoms with E-state index in [4.69, 9.17) is 0 Å². The maximum absolute atomic E-state index is 10.2. The predicted octanol–water partition coefficient (Wildman–Crippen LogP) is 4.16. The lowest BCUT2D eigenvalue weighted by molar-refractivity contribution is -0.104. The molecule has 16 heavy (non-hydrogen) atoms. The first-order valence-corrected chi connectivity index (χ1v) is 5.35. The van der Waals surface area contributed by atoms with Gasteiger partial charge in [0.15, 0.2) is 0 Å². The number of rotatable bonds is 5. The SMILES string of the molecule is CC(C)=C/C=C/C(C)=C/C=C/C(C)=C/C=O. The molecule has 0 atom stereocenters. The van der Waals surface area contributed by atoms with Crippen molar-refractivity contribution in [2.75, 3.05) is 0 Å². The monoisotopic (exact) mass is 216 g/mol. The average molecular weight is 216 g/mol. The number of carbonyl (C=O) groups excluding carboxylic acids is 1. The van der Waals surface area contributed by atoms with Gasteiger partial charge in [-0.25, -0.2) is 0 Å². The highest BCUT2D eigenvalue weighted by molar-refractivity contribution is 5.66. The van der Waals surface area contributed by atoms with Gasteiger partial charge in [-0.2, -0.15) is 0 Å². The zero-order chi connectivity index (χ0) is 12.4. The summed E-state index contributed by atoms with van der Waals surface area (Å²) in [5, 5.41) is 0. The minimum Gasteiger partial charge on any atom is -0.299 e. The minimum atomic E-state index is 0.797. The predicted molar refractivity (Wildman–Crippen MR) is 71.3 cm³/mol. The van der Waals surface area contributed by atoms with Crippen molar-refractivity contribution in [2.45, 2.75) is 27.7 Å². The van der Waals surface area contributed by atoms with Gasteiger partial charge in [0.2, 0.25) is 0 Å². The Morgan fingerprint density at radius 1 is 0.750 bits per heavy atom. The highest BCUT2D eigenvalue weighted by atomic mass is 16.1. The van der Waals surface area contributed by atoms with Gasteiger partial charge in [-0.1, -0.05) is 47.6 Å². The van der Waals surface area contributed by atoms with E-state index < -0.39 is 0 Å². The quantitative estimate of drug-likeness (QED) is 0.383. The molecule has 0 aliphatic carbocycles. The van der Waals surface area contributed by atoms with Gasteiger partial charge in [0.25, 0.3) is 0 Å². The van der Waals surface area contributed by atoms with Gasteiger partial charge in [-0.3, -0.25) is 4.79 Å². The van der Waals surface area contributed by atoms with Crippen LogP contribution < -0.4 is 0 Å². The molecular formula is C15H20O. The smallest absolute Gasteiger partial charge is 0.143 e. The van der Waals surface area contributed by atoms with Crippen LogP contribution in [0.4, 0.5) is 0 Å². The molecule has 0 aliphatic heterocycles. The molecule has 0 spiro atoms. The molecule has 0 aromatic carbocycles. The molecule has 0 fully saturated rings. The molecule has 0 aromatic heterocycles. The number of allylic oxidation sites excluding steroid dienone is 10. The van der Waals surface area contributed by atoms with Gasteiger partial charge in [0, 0.05) is 0 Å². The summed E-state index contributed by atoms with van der Waals surface area (Å²) < 4.78 is 0. The Morgan fingerprint density at radius 2 is 1.25 bits per heavy atom. The van der Waals surface area contributed by atoms with E-state index in [-0.39, 0.29) is 0 Å². The molecule has 0 N–H and O–H groups in total. The molecule has 0 aromatic rings. The van der Waals surface area contributed by atoms with Gasteiger partial charge < -0.3 is 0 Å². The third kappa shape index (κ3) is 8.95. The van der Waals surface area contributed by atoms with Crippen LogP contribution in [0.1, 0.15) is 27.7 Å². The van der Waals surface area contributed by atoms with Crippen LogP contribution in [-0.4, -0.2) is 6.29 Å². The second-order valence-corrected chi connectivity index (χ2v) is 3.92. The Kier molecular flexibility index (Phi) is 7.78. The van der Waals surface area contributed by atoms with Crippen molar-refractivity contribution in [3.63, 3.8) is 0 Å². The zero-order valence-electron chi connectivity index (χ0n) is 10.5. The van der Waals surface area contributed by atoms with Crippen molar-refractivity contribution >= 4 is 6.29 Å². The van der Waals surface area contributed by atoms with Gasteiger partial charge in [-0.05, 0) is 39.3 Å². The van der Waals surface area contributed by atoms with Crippen molar-refractivity contribution in [2.24, 2.45) is 0 Å². The molecular weight excluding hydrogens is 196 g/mol. The minimum absolute atomic E-state index is 0.797. The molecule has 0 saturated carbocycles. The van der Waals surface area contributed by atoms with Crippen LogP contribution in [0, 0.1) is 0 Å². The third-order valence-corrected chi connectivity index (χ3v) is 1.84. The largest absolute Gasteiger partial charge is 0.299 e. The Hall–Kier alpha value is -1.63. The molecule has 0 amide bonds. The van der Waals surface area contributed by atoms with E-state index in [0.717, 1.165) is 11.9 Å². The van der Waals surface area contributed by atoms with E-state index in [0.29, 0.717) is 0 Å². The van der Waals surface area contributed by atoms with E-state index >= 15 is 0 Å². The number of hydrogen-bond acceptors (Lipinski definition) is 1. The van der Waals surface area contributed by atoms with Gasteiger partial charge in [0.05, 0.1) is 0 Å². The average Bonchev–Trinajstić information content (AvgIpc) is 2.17. The maximum Gasteiger partial charge on any atom is 0.143 e. The van der Waals surface area contributed by atoms with E-state index in [1.165, 1.54) is 11.1 Å². The molecule has 1 heteroatoms. The summed E-state index contributed by atoms with van der Waals surface area (Å²) >= 11 is 0. The topological polar surface area (TPSA) is 17.1 Å². The molecule has 0 unspecified atom stereocenters. The maximum atomic E-state index is 10.2. The molecule has 0 heterocycles. The molecule has 0 aliphatic rings. The van der Waals surface area contributed by atoms with Crippen molar-refractivity contribution in [1.29, 1.82) is 0 Å². The standard InChI is InChI=1S/C15H20O/c1-13(2)7-5-8-14(3)9-6-10-15(4)11-12-16/h5-12H,1-4H3/b8-5+,10-6+,14-9+,15-11+. The normalized spacial score (nSPS) is 13.5. The van der Waals surface area contributed by atoms with Gasteiger partial charge in [0.1, 0.15) is 6.29 Å². The second kappa shape index (κ2) is 8.66. The van der Waals surface area contributed by atoms with E-state index in [1.807, 2.05) is 38.2 Å². The summed E-state index contributed by atoms with van der Waals surface area (Å²) in [6.07, 6.45) is 14.4. The van der Waals surface area contributed by atoms with Crippen molar-refractivity contribution in [1.82, 2.24) is 0 Å². The first kappa shape index (κ1) is 14.4. The fraction of sp³-hybridized carbons (Fsp3) is 0.267. The number of hydrogen-bond donors (Lipinski definition) is 0. The summed E-state index contributed by atoms with van der Waals surface area (Å²) in [6.45, 7) is 8.07. The summed E-state index contributed by atoms with van der Waals surface area (Å²) in [7, 11) is 0. The Balaban J connectivity index is 4.35. The van der Waals surface area contributed by atoms with Gasteiger partial charge >= 0.3 is 0 Å². The lowest BCUT2D eigenvalue weighted by Crippen LogP contribution is -1.70. The van der Waals surface area contributed by atoms with E-state index in [9.17, 15) is 4.79 Å². The van der Waals surface area contributed by atoms with Crippen LogP contribution in [0.5, 0.6) is 0 Å². The fourth-order valence-corrected chi connectivity index (χ4v) is 0.962. The Bertz CT molecular complexity index is 359. The van der Waals surface area contributed by atoms with Crippen molar-refractivity contribution in [3.8, 4) is 0 Å². The molecule has 86 valence electrons. The van der Waals surface area contributed by atoms with Crippen LogP contribution in [0.2, 0.25) is 0 Å². The van der Waals surface area contributed by atoms with Crippen LogP contribution in [0.3, 0.4) is 0 Å². The molecule has 0 bridgehead atoms. The Morgan fingerprint density at radius 3 is 1.75 bits per heavy atom. The summed E-state index contributed by atoms with van der Waals surface area (Å²) in [6, 6.07) is 0. The fourth-order valence-electron chi connectivity index (χ4n) is 0.962. The highest BCUT2D eigenvalue weighted by Gasteiger charge is 1.80. The highest BCUT2D eigenvalue weighted by Crippen LogP contribution is 1.99. The van der Waals surface area contributed by atoms with Crippen LogP contribution >= 0.6 is 0 Å². The summed E-state index contributed by atoms with van der Waals surface area (Å²) in [5.74, 6) is 0. The van der Waals surface area contributed by atoms with Gasteiger partial charge in [-0.15, -0.1) is 0 Å². The number of aldehydes is 1. The van der Waals surface area contributed by atoms with E-state index in [1.54, 1.807) is 6.08 Å². The lowest BCUT2D eigenvalue weighted by Gasteiger charge is -1.89. The zero-order valence-corrected chi connectivity index (χ0v) is 10.5. The molecule has 1 nitrogen and oxygen atoms in total. The molecule has 0 radical (unpaired) electrons. The van der Waals surface area contributed by atoms with Crippen molar-refractivity contribution in [3.05, 3.63) is 59.3 Å². The first-order valence-electron chi connectivity index (χ1n) is 5.35. The van der Waals surface area contributed by atoms with Crippen LogP contribution in [0.25, 0.3) is 0 Å². The van der Waals surface area contributed by atoms with Crippen LogP contribution in [0.15, 0.2) is 59.3 Å². The van der Waals surface area contributed by atoms with Crippen LogP contribution in [-0.2, 0) is 4.79 Å². The first-order chi connectivity index (χ1) is 7.56. The second-order valence-electron chi connectivity index (χ2n) is 3.92. The lowest BCUT2D eigenvalue weighted by atomic mass is 10.2. The van der Waals surface area contributed by atoms with Crippen molar-refractivity contribution < 1.29 is 4.79 Å². The summed E-state index contributed by atoms with van der Waals surface area (Å²) in [5.41, 5.74) is 3.41. The third-order valence-electron chi connectivity index (χ3n) is 1.84. The van der Waals surface area contributed by atoms with E-state index in [2.05, 4.69) is 26.0 Å². The molecule has 0 saturated heterocycles.